The molecule has 3 N–H and O–H groups in total. The van der Waals surface area contributed by atoms with E-state index in [9.17, 15) is 0 Å². The molecule has 76 valence electrons. The lowest BCUT2D eigenvalue weighted by atomic mass is 9.91. The zero-order chi connectivity index (χ0) is 9.10. The average Bonchev–Trinajstić information content (AvgIpc) is 2.88. The smallest absolute Gasteiger partial charge is 0.00818 e. The molecule has 2 nitrogen and oxygen atoms in total. The maximum atomic E-state index is 5.93. The summed E-state index contributed by atoms with van der Waals surface area (Å²) in [6.45, 7) is 1.22. The largest absolute Gasteiger partial charge is 0.328 e. The van der Waals surface area contributed by atoms with Gasteiger partial charge < -0.3 is 11.1 Å². The van der Waals surface area contributed by atoms with Crippen molar-refractivity contribution in [1.82, 2.24) is 5.32 Å². The van der Waals surface area contributed by atoms with Crippen LogP contribution in [0.4, 0.5) is 0 Å². The van der Waals surface area contributed by atoms with Crippen LogP contribution in [0.15, 0.2) is 0 Å². The summed E-state index contributed by atoms with van der Waals surface area (Å²) in [6.07, 6.45) is 9.45. The van der Waals surface area contributed by atoms with Crippen LogP contribution in [0.25, 0.3) is 0 Å². The fourth-order valence-corrected chi connectivity index (χ4v) is 2.31. The minimum atomic E-state index is 0.465. The Bertz CT molecular complexity index is 154. The fraction of sp³-hybridized carbons (Fsp3) is 1.00. The molecule has 2 atom stereocenters. The van der Waals surface area contributed by atoms with E-state index in [2.05, 4.69) is 5.32 Å². The Morgan fingerprint density at radius 1 is 1.15 bits per heavy atom. The molecule has 2 rings (SSSR count). The van der Waals surface area contributed by atoms with Gasteiger partial charge in [0.05, 0.1) is 0 Å². The monoisotopic (exact) mass is 182 g/mol. The number of rotatable bonds is 4. The summed E-state index contributed by atoms with van der Waals surface area (Å²) in [5.74, 6) is 1.06. The minimum absolute atomic E-state index is 0.465. The van der Waals surface area contributed by atoms with Crippen molar-refractivity contribution in [1.29, 1.82) is 0 Å². The number of nitrogens with one attached hydrogen (secondary N) is 1. The Labute approximate surface area is 81.3 Å². The van der Waals surface area contributed by atoms with Crippen molar-refractivity contribution in [2.75, 3.05) is 6.54 Å². The summed E-state index contributed by atoms with van der Waals surface area (Å²) < 4.78 is 0. The van der Waals surface area contributed by atoms with Crippen LogP contribution in [0.1, 0.15) is 44.9 Å². The van der Waals surface area contributed by atoms with Gasteiger partial charge in [-0.25, -0.2) is 0 Å². The number of hydrogen-bond donors (Lipinski definition) is 2. The van der Waals surface area contributed by atoms with Gasteiger partial charge in [0.1, 0.15) is 0 Å². The molecule has 0 radical (unpaired) electrons. The van der Waals surface area contributed by atoms with E-state index in [1.165, 1.54) is 51.5 Å². The standard InChI is InChI=1S/C11H22N2/c12-10-2-1-3-11(8-10)13-7-6-9-4-5-9/h9-11,13H,1-8,12H2. The van der Waals surface area contributed by atoms with Gasteiger partial charge in [-0.2, -0.15) is 0 Å². The molecule has 0 aromatic heterocycles. The molecule has 13 heavy (non-hydrogen) atoms. The summed E-state index contributed by atoms with van der Waals surface area (Å²) in [4.78, 5) is 0. The summed E-state index contributed by atoms with van der Waals surface area (Å²) in [5, 5.41) is 3.64. The molecule has 0 aliphatic heterocycles. The van der Waals surface area contributed by atoms with Crippen LogP contribution >= 0.6 is 0 Å². The van der Waals surface area contributed by atoms with E-state index in [1.807, 2.05) is 0 Å². The highest BCUT2D eigenvalue weighted by Crippen LogP contribution is 2.31. The molecule has 0 aromatic carbocycles. The molecule has 2 aliphatic carbocycles. The van der Waals surface area contributed by atoms with E-state index in [1.54, 1.807) is 0 Å². The first-order valence-corrected chi connectivity index (χ1v) is 5.83. The Morgan fingerprint density at radius 2 is 2.00 bits per heavy atom. The van der Waals surface area contributed by atoms with Gasteiger partial charge in [-0.05, 0) is 38.1 Å². The van der Waals surface area contributed by atoms with Gasteiger partial charge in [-0.3, -0.25) is 0 Å². The van der Waals surface area contributed by atoms with Gasteiger partial charge in [-0.15, -0.1) is 0 Å². The quantitative estimate of drug-likeness (QED) is 0.693. The molecule has 0 bridgehead atoms. The second kappa shape index (κ2) is 4.43. The van der Waals surface area contributed by atoms with Crippen LogP contribution in [-0.2, 0) is 0 Å². The third-order valence-corrected chi connectivity index (χ3v) is 3.40. The number of hydrogen-bond acceptors (Lipinski definition) is 2. The summed E-state index contributed by atoms with van der Waals surface area (Å²) in [7, 11) is 0. The fourth-order valence-electron chi connectivity index (χ4n) is 2.31. The van der Waals surface area contributed by atoms with Crippen LogP contribution in [0, 0.1) is 5.92 Å². The predicted octanol–water partition coefficient (Wildman–Crippen LogP) is 1.65. The first kappa shape index (κ1) is 9.47. The molecule has 2 saturated carbocycles. The third-order valence-electron chi connectivity index (χ3n) is 3.40. The Morgan fingerprint density at radius 3 is 2.69 bits per heavy atom. The highest BCUT2D eigenvalue weighted by molar-refractivity contribution is 4.81. The van der Waals surface area contributed by atoms with Crippen LogP contribution < -0.4 is 11.1 Å². The van der Waals surface area contributed by atoms with Crippen molar-refractivity contribution in [3.63, 3.8) is 0 Å². The van der Waals surface area contributed by atoms with Gasteiger partial charge in [0, 0.05) is 12.1 Å². The second-order valence-electron chi connectivity index (χ2n) is 4.81. The van der Waals surface area contributed by atoms with Gasteiger partial charge in [0.25, 0.3) is 0 Å². The maximum absolute atomic E-state index is 5.93. The Hall–Kier alpha value is -0.0800. The van der Waals surface area contributed by atoms with Gasteiger partial charge >= 0.3 is 0 Å². The van der Waals surface area contributed by atoms with Crippen molar-refractivity contribution in [2.24, 2.45) is 11.7 Å². The molecule has 0 amide bonds. The Balaban J connectivity index is 1.56. The lowest BCUT2D eigenvalue weighted by molar-refractivity contribution is 0.337. The van der Waals surface area contributed by atoms with Crippen molar-refractivity contribution in [3.8, 4) is 0 Å². The summed E-state index contributed by atoms with van der Waals surface area (Å²) >= 11 is 0. The van der Waals surface area contributed by atoms with Crippen molar-refractivity contribution in [3.05, 3.63) is 0 Å². The highest BCUT2D eigenvalue weighted by Gasteiger charge is 2.22. The first-order valence-electron chi connectivity index (χ1n) is 5.83. The van der Waals surface area contributed by atoms with Crippen LogP contribution in [0.5, 0.6) is 0 Å². The first-order chi connectivity index (χ1) is 6.34. The summed E-state index contributed by atoms with van der Waals surface area (Å²) in [6, 6.07) is 1.19. The van der Waals surface area contributed by atoms with E-state index >= 15 is 0 Å². The molecule has 0 saturated heterocycles. The zero-order valence-corrected chi connectivity index (χ0v) is 8.47. The molecule has 2 aliphatic rings. The van der Waals surface area contributed by atoms with E-state index in [0.29, 0.717) is 6.04 Å². The zero-order valence-electron chi connectivity index (χ0n) is 8.47. The molecule has 2 unspecified atom stereocenters. The average molecular weight is 182 g/mol. The van der Waals surface area contributed by atoms with Gasteiger partial charge in [0.15, 0.2) is 0 Å². The molecular formula is C11H22N2. The third kappa shape index (κ3) is 3.28. The topological polar surface area (TPSA) is 38.0 Å². The molecule has 0 heterocycles. The molecule has 2 heteroatoms. The van der Waals surface area contributed by atoms with Crippen LogP contribution in [0.3, 0.4) is 0 Å². The molecule has 2 fully saturated rings. The van der Waals surface area contributed by atoms with Crippen molar-refractivity contribution in [2.45, 2.75) is 57.0 Å². The maximum Gasteiger partial charge on any atom is 0.00818 e. The minimum Gasteiger partial charge on any atom is -0.328 e. The van der Waals surface area contributed by atoms with Crippen molar-refractivity contribution < 1.29 is 0 Å². The van der Waals surface area contributed by atoms with Crippen LogP contribution in [-0.4, -0.2) is 18.6 Å². The van der Waals surface area contributed by atoms with E-state index in [4.69, 9.17) is 5.73 Å². The highest BCUT2D eigenvalue weighted by atomic mass is 14.9. The predicted molar refractivity (Wildman–Crippen MR) is 55.6 cm³/mol. The van der Waals surface area contributed by atoms with Gasteiger partial charge in [0.2, 0.25) is 0 Å². The van der Waals surface area contributed by atoms with Gasteiger partial charge in [-0.1, -0.05) is 19.3 Å². The Kier molecular flexibility index (Phi) is 3.23. The van der Waals surface area contributed by atoms with E-state index in [-0.39, 0.29) is 0 Å². The molecule has 0 spiro atoms. The SMILES string of the molecule is NC1CCCC(NCCC2CC2)C1. The lowest BCUT2D eigenvalue weighted by Crippen LogP contribution is -2.39. The van der Waals surface area contributed by atoms with E-state index in [0.717, 1.165) is 12.0 Å². The lowest BCUT2D eigenvalue weighted by Gasteiger charge is -2.27. The van der Waals surface area contributed by atoms with Crippen molar-refractivity contribution >= 4 is 0 Å². The van der Waals surface area contributed by atoms with Crippen LogP contribution in [0.2, 0.25) is 0 Å². The second-order valence-corrected chi connectivity index (χ2v) is 4.81. The normalized spacial score (nSPS) is 34.8. The molecular weight excluding hydrogens is 160 g/mol. The summed E-state index contributed by atoms with van der Waals surface area (Å²) in [5.41, 5.74) is 5.93. The number of nitrogens with two attached hydrogens (primary N) is 1. The molecule has 0 aromatic rings. The van der Waals surface area contributed by atoms with E-state index < -0.39 is 0 Å².